The molecule has 8 nitrogen and oxygen atoms in total. The Morgan fingerprint density at radius 3 is 2.53 bits per heavy atom. The lowest BCUT2D eigenvalue weighted by Crippen LogP contribution is -2.47. The zero-order chi connectivity index (χ0) is 23.1. The van der Waals surface area contributed by atoms with Crippen LogP contribution in [0.1, 0.15) is 24.1 Å². The number of hydrogen-bond donors (Lipinski definition) is 2. The van der Waals surface area contributed by atoms with Crippen molar-refractivity contribution >= 4 is 29.6 Å². The number of urea groups is 1. The standard InChI is InChI=1S/C23H23ClN2O6/c1-3-31-22(28)20-18(13-32-19(27)12-14-5-4-6-17(11-14)30-2)25-23(29)26-21(20)15-7-9-16(24)10-8-15/h4-11,21H,3,12-13H2,1-2H3,(H2,25,26,29)/t21-/m0/s1. The summed E-state index contributed by atoms with van der Waals surface area (Å²) >= 11 is 5.96. The molecule has 32 heavy (non-hydrogen) atoms. The number of benzene rings is 2. The summed E-state index contributed by atoms with van der Waals surface area (Å²) < 4.78 is 15.7. The number of halogens is 1. The molecule has 168 valence electrons. The Morgan fingerprint density at radius 2 is 1.84 bits per heavy atom. The summed E-state index contributed by atoms with van der Waals surface area (Å²) in [5, 5.41) is 5.78. The van der Waals surface area contributed by atoms with Gasteiger partial charge in [-0.2, -0.15) is 0 Å². The second kappa shape index (κ2) is 10.7. The second-order valence-corrected chi connectivity index (χ2v) is 7.32. The fourth-order valence-corrected chi connectivity index (χ4v) is 3.37. The number of carbonyl (C=O) groups excluding carboxylic acids is 3. The van der Waals surface area contributed by atoms with Crippen LogP contribution in [-0.2, 0) is 25.5 Å². The van der Waals surface area contributed by atoms with Crippen molar-refractivity contribution in [3.05, 3.63) is 76.0 Å². The first kappa shape index (κ1) is 23.1. The van der Waals surface area contributed by atoms with E-state index >= 15 is 0 Å². The lowest BCUT2D eigenvalue weighted by Gasteiger charge is -2.29. The number of rotatable bonds is 8. The number of hydrogen-bond acceptors (Lipinski definition) is 6. The zero-order valence-corrected chi connectivity index (χ0v) is 18.4. The van der Waals surface area contributed by atoms with Gasteiger partial charge in [-0.25, -0.2) is 9.59 Å². The fraction of sp³-hybridized carbons (Fsp3) is 0.261. The van der Waals surface area contributed by atoms with Crippen LogP contribution in [0.25, 0.3) is 0 Å². The van der Waals surface area contributed by atoms with Gasteiger partial charge in [-0.1, -0.05) is 35.9 Å². The molecule has 0 saturated heterocycles. The van der Waals surface area contributed by atoms with E-state index in [9.17, 15) is 14.4 Å². The fourth-order valence-electron chi connectivity index (χ4n) is 3.24. The molecular weight excluding hydrogens is 436 g/mol. The monoisotopic (exact) mass is 458 g/mol. The summed E-state index contributed by atoms with van der Waals surface area (Å²) in [6, 6.07) is 12.4. The van der Waals surface area contributed by atoms with Crippen molar-refractivity contribution in [2.24, 2.45) is 0 Å². The highest BCUT2D eigenvalue weighted by Gasteiger charge is 2.34. The molecule has 1 atom stereocenters. The molecule has 1 aliphatic rings. The van der Waals surface area contributed by atoms with Crippen molar-refractivity contribution in [3.63, 3.8) is 0 Å². The average molecular weight is 459 g/mol. The summed E-state index contributed by atoms with van der Waals surface area (Å²) in [6.07, 6.45) is 0.00598. The van der Waals surface area contributed by atoms with Crippen LogP contribution in [0.3, 0.4) is 0 Å². The highest BCUT2D eigenvalue weighted by Crippen LogP contribution is 2.29. The quantitative estimate of drug-likeness (QED) is 0.588. The van der Waals surface area contributed by atoms with Crippen LogP contribution in [0.2, 0.25) is 5.02 Å². The Hall–Kier alpha value is -3.52. The van der Waals surface area contributed by atoms with E-state index < -0.39 is 24.0 Å². The van der Waals surface area contributed by atoms with Crippen molar-refractivity contribution < 1.29 is 28.6 Å². The number of carbonyl (C=O) groups is 3. The summed E-state index contributed by atoms with van der Waals surface area (Å²) in [6.45, 7) is 1.53. The summed E-state index contributed by atoms with van der Waals surface area (Å²) in [4.78, 5) is 37.4. The molecule has 2 N–H and O–H groups in total. The van der Waals surface area contributed by atoms with Crippen LogP contribution in [0.5, 0.6) is 5.75 Å². The first-order valence-electron chi connectivity index (χ1n) is 9.93. The summed E-state index contributed by atoms with van der Waals surface area (Å²) in [5.74, 6) is -0.525. The van der Waals surface area contributed by atoms with Gasteiger partial charge >= 0.3 is 18.0 Å². The zero-order valence-electron chi connectivity index (χ0n) is 17.6. The van der Waals surface area contributed by atoms with Crippen LogP contribution in [0, 0.1) is 0 Å². The Kier molecular flexibility index (Phi) is 7.72. The van der Waals surface area contributed by atoms with Gasteiger partial charge in [0.15, 0.2) is 0 Å². The third kappa shape index (κ3) is 5.79. The smallest absolute Gasteiger partial charge is 0.338 e. The molecule has 0 spiro atoms. The Morgan fingerprint density at radius 1 is 1.09 bits per heavy atom. The SMILES string of the molecule is CCOC(=O)C1=C(COC(=O)Cc2cccc(OC)c2)NC(=O)N[C@H]1c1ccc(Cl)cc1. The summed E-state index contributed by atoms with van der Waals surface area (Å²) in [5.41, 5.74) is 1.66. The minimum absolute atomic E-state index is 0.00598. The topological polar surface area (TPSA) is 103 Å². The normalized spacial score (nSPS) is 15.5. The molecule has 0 bridgehead atoms. The first-order chi connectivity index (χ1) is 15.4. The molecule has 0 unspecified atom stereocenters. The number of ether oxygens (including phenoxy) is 3. The van der Waals surface area contributed by atoms with Crippen LogP contribution in [0.4, 0.5) is 4.79 Å². The first-order valence-corrected chi connectivity index (χ1v) is 10.3. The molecule has 3 rings (SSSR count). The van der Waals surface area contributed by atoms with E-state index in [-0.39, 0.29) is 30.9 Å². The molecule has 2 amide bonds. The Balaban J connectivity index is 1.82. The lowest BCUT2D eigenvalue weighted by molar-refractivity contribution is -0.143. The van der Waals surface area contributed by atoms with E-state index in [1.807, 2.05) is 0 Å². The van der Waals surface area contributed by atoms with E-state index in [4.69, 9.17) is 25.8 Å². The summed E-state index contributed by atoms with van der Waals surface area (Å²) in [7, 11) is 1.54. The highest BCUT2D eigenvalue weighted by atomic mass is 35.5. The van der Waals surface area contributed by atoms with Gasteiger partial charge in [0.2, 0.25) is 0 Å². The predicted octanol–water partition coefficient (Wildman–Crippen LogP) is 3.31. The van der Waals surface area contributed by atoms with Crippen molar-refractivity contribution in [1.82, 2.24) is 10.6 Å². The van der Waals surface area contributed by atoms with Gasteiger partial charge in [0.05, 0.1) is 37.4 Å². The Labute approximate surface area is 190 Å². The van der Waals surface area contributed by atoms with Gasteiger partial charge in [-0.05, 0) is 42.3 Å². The van der Waals surface area contributed by atoms with Gasteiger partial charge in [0, 0.05) is 5.02 Å². The van der Waals surface area contributed by atoms with Gasteiger partial charge in [-0.3, -0.25) is 4.79 Å². The molecule has 0 fully saturated rings. The number of methoxy groups -OCH3 is 1. The van der Waals surface area contributed by atoms with E-state index in [1.165, 1.54) is 7.11 Å². The van der Waals surface area contributed by atoms with Gasteiger partial charge < -0.3 is 24.8 Å². The maximum absolute atomic E-state index is 12.7. The lowest BCUT2D eigenvalue weighted by atomic mass is 9.95. The molecule has 0 aliphatic carbocycles. The van der Waals surface area contributed by atoms with Crippen molar-refractivity contribution in [2.75, 3.05) is 20.3 Å². The molecule has 1 heterocycles. The minimum atomic E-state index is -0.785. The van der Waals surface area contributed by atoms with Gasteiger partial charge in [0.1, 0.15) is 12.4 Å². The third-order valence-corrected chi connectivity index (χ3v) is 4.96. The molecule has 2 aromatic rings. The number of esters is 2. The maximum atomic E-state index is 12.7. The molecule has 1 aliphatic heterocycles. The van der Waals surface area contributed by atoms with Crippen LogP contribution < -0.4 is 15.4 Å². The van der Waals surface area contributed by atoms with E-state index in [2.05, 4.69) is 10.6 Å². The largest absolute Gasteiger partial charge is 0.497 e. The van der Waals surface area contributed by atoms with Crippen molar-refractivity contribution in [1.29, 1.82) is 0 Å². The van der Waals surface area contributed by atoms with Crippen molar-refractivity contribution in [2.45, 2.75) is 19.4 Å². The number of nitrogens with one attached hydrogen (secondary N) is 2. The van der Waals surface area contributed by atoms with E-state index in [0.717, 1.165) is 0 Å². The molecular formula is C23H23ClN2O6. The Bertz CT molecular complexity index is 1040. The van der Waals surface area contributed by atoms with Crippen LogP contribution in [0.15, 0.2) is 59.8 Å². The molecule has 0 aromatic heterocycles. The highest BCUT2D eigenvalue weighted by molar-refractivity contribution is 6.30. The van der Waals surface area contributed by atoms with Crippen LogP contribution in [-0.4, -0.2) is 38.3 Å². The predicted molar refractivity (Wildman–Crippen MR) is 117 cm³/mol. The van der Waals surface area contributed by atoms with Crippen molar-refractivity contribution in [3.8, 4) is 5.75 Å². The third-order valence-electron chi connectivity index (χ3n) is 4.71. The second-order valence-electron chi connectivity index (χ2n) is 6.88. The van der Waals surface area contributed by atoms with Crippen LogP contribution >= 0.6 is 11.6 Å². The van der Waals surface area contributed by atoms with Gasteiger partial charge in [0.25, 0.3) is 0 Å². The molecule has 2 aromatic carbocycles. The van der Waals surface area contributed by atoms with E-state index in [0.29, 0.717) is 21.9 Å². The maximum Gasteiger partial charge on any atom is 0.338 e. The molecule has 9 heteroatoms. The number of amides is 2. The average Bonchev–Trinajstić information content (AvgIpc) is 2.78. The minimum Gasteiger partial charge on any atom is -0.497 e. The van der Waals surface area contributed by atoms with E-state index in [1.54, 1.807) is 55.5 Å². The molecule has 0 saturated carbocycles. The molecule has 0 radical (unpaired) electrons. The van der Waals surface area contributed by atoms with Gasteiger partial charge in [-0.15, -0.1) is 0 Å².